The molecular weight excluding hydrogens is 284 g/mol. The van der Waals surface area contributed by atoms with Gasteiger partial charge in [-0.1, -0.05) is 48.5 Å². The van der Waals surface area contributed by atoms with Crippen LogP contribution in [0.5, 0.6) is 0 Å². The predicted octanol–water partition coefficient (Wildman–Crippen LogP) is 3.34. The Balaban J connectivity index is 1.53. The van der Waals surface area contributed by atoms with Crippen molar-refractivity contribution in [3.05, 3.63) is 70.8 Å². The van der Waals surface area contributed by atoms with Crippen molar-refractivity contribution in [3.63, 3.8) is 0 Å². The van der Waals surface area contributed by atoms with E-state index in [4.69, 9.17) is 0 Å². The minimum Gasteiger partial charge on any atom is -0.299 e. The molecule has 0 aromatic heterocycles. The number of ketones is 2. The van der Waals surface area contributed by atoms with Crippen molar-refractivity contribution in [1.29, 1.82) is 0 Å². The van der Waals surface area contributed by atoms with E-state index in [-0.39, 0.29) is 11.8 Å². The molecule has 2 nitrogen and oxygen atoms in total. The number of carbonyl (C=O) groups is 2. The highest BCUT2D eigenvalue weighted by molar-refractivity contribution is 5.88. The number of fused-ring (bicyclic) bond motifs is 2. The molecule has 0 radical (unpaired) electrons. The summed E-state index contributed by atoms with van der Waals surface area (Å²) >= 11 is 0. The molecular formula is C21H20O2. The third-order valence-corrected chi connectivity index (χ3v) is 5.38. The molecule has 0 fully saturated rings. The number of hydrogen-bond acceptors (Lipinski definition) is 2. The van der Waals surface area contributed by atoms with Crippen LogP contribution in [0.3, 0.4) is 0 Å². The Bertz CT molecular complexity index is 709. The summed E-state index contributed by atoms with van der Waals surface area (Å²) in [5.74, 6) is 0.610. The van der Waals surface area contributed by atoms with E-state index in [9.17, 15) is 9.59 Å². The topological polar surface area (TPSA) is 34.1 Å². The highest BCUT2D eigenvalue weighted by atomic mass is 16.1. The maximum absolute atomic E-state index is 12.5. The maximum atomic E-state index is 12.5. The minimum atomic E-state index is 0.00381. The molecule has 2 aromatic carbocycles. The van der Waals surface area contributed by atoms with Gasteiger partial charge in [-0.2, -0.15) is 0 Å². The fraction of sp³-hybridized carbons (Fsp3) is 0.333. The lowest BCUT2D eigenvalue weighted by molar-refractivity contribution is -0.126. The zero-order valence-corrected chi connectivity index (χ0v) is 13.1. The van der Waals surface area contributed by atoms with Crippen LogP contribution in [0.2, 0.25) is 0 Å². The van der Waals surface area contributed by atoms with Crippen LogP contribution in [0.4, 0.5) is 0 Å². The van der Waals surface area contributed by atoms with E-state index >= 15 is 0 Å². The van der Waals surface area contributed by atoms with Gasteiger partial charge in [-0.15, -0.1) is 0 Å². The van der Waals surface area contributed by atoms with Gasteiger partial charge < -0.3 is 0 Å². The molecule has 2 aliphatic rings. The summed E-state index contributed by atoms with van der Waals surface area (Å²) < 4.78 is 0. The van der Waals surface area contributed by atoms with Gasteiger partial charge in [0.1, 0.15) is 11.6 Å². The first kappa shape index (κ1) is 14.4. The van der Waals surface area contributed by atoms with Gasteiger partial charge in [0.2, 0.25) is 0 Å². The summed E-state index contributed by atoms with van der Waals surface area (Å²) in [6.45, 7) is 0. The van der Waals surface area contributed by atoms with Gasteiger partial charge in [0.15, 0.2) is 0 Å². The third-order valence-electron chi connectivity index (χ3n) is 5.38. The second-order valence-corrected chi connectivity index (χ2v) is 6.86. The van der Waals surface area contributed by atoms with E-state index in [2.05, 4.69) is 12.1 Å². The Morgan fingerprint density at radius 1 is 0.652 bits per heavy atom. The van der Waals surface area contributed by atoms with Crippen LogP contribution in [-0.4, -0.2) is 11.6 Å². The Morgan fingerprint density at radius 2 is 1.04 bits per heavy atom. The van der Waals surface area contributed by atoms with E-state index in [1.54, 1.807) is 0 Å². The fourth-order valence-electron chi connectivity index (χ4n) is 4.05. The van der Waals surface area contributed by atoms with Crippen molar-refractivity contribution < 1.29 is 9.59 Å². The van der Waals surface area contributed by atoms with Crippen LogP contribution in [0.1, 0.15) is 28.7 Å². The van der Waals surface area contributed by atoms with Crippen molar-refractivity contribution in [3.8, 4) is 0 Å². The molecule has 0 bridgehead atoms. The van der Waals surface area contributed by atoms with E-state index < -0.39 is 0 Å². The van der Waals surface area contributed by atoms with Gasteiger partial charge in [-0.3, -0.25) is 9.59 Å². The number of carbonyl (C=O) groups excluding carboxylic acids is 2. The summed E-state index contributed by atoms with van der Waals surface area (Å²) in [6, 6.07) is 16.4. The smallest absolute Gasteiger partial charge is 0.140 e. The fourth-order valence-corrected chi connectivity index (χ4v) is 4.05. The molecule has 0 N–H and O–H groups in total. The SMILES string of the molecule is O=C1Cc2ccccc2CC1CC1Cc2ccccc2CC1=O. The Morgan fingerprint density at radius 3 is 1.48 bits per heavy atom. The zero-order chi connectivity index (χ0) is 15.8. The zero-order valence-electron chi connectivity index (χ0n) is 13.1. The van der Waals surface area contributed by atoms with Crippen molar-refractivity contribution >= 4 is 11.6 Å². The molecule has 0 heterocycles. The normalized spacial score (nSPS) is 23.3. The van der Waals surface area contributed by atoms with Gasteiger partial charge in [-0.05, 0) is 41.5 Å². The van der Waals surface area contributed by atoms with Crippen LogP contribution in [-0.2, 0) is 35.3 Å². The molecule has 0 saturated carbocycles. The first-order chi connectivity index (χ1) is 11.2. The minimum absolute atomic E-state index is 0.00381. The predicted molar refractivity (Wildman–Crippen MR) is 89.3 cm³/mol. The molecule has 0 spiro atoms. The van der Waals surface area contributed by atoms with E-state index in [0.717, 1.165) is 24.0 Å². The highest BCUT2D eigenvalue weighted by Gasteiger charge is 2.33. The van der Waals surface area contributed by atoms with Crippen molar-refractivity contribution in [2.45, 2.75) is 32.1 Å². The monoisotopic (exact) mass is 304 g/mol. The van der Waals surface area contributed by atoms with Gasteiger partial charge in [0, 0.05) is 24.7 Å². The van der Waals surface area contributed by atoms with Crippen LogP contribution in [0.15, 0.2) is 48.5 Å². The summed E-state index contributed by atoms with van der Waals surface area (Å²) in [4.78, 5) is 24.9. The standard InChI is InChI=1S/C21H20O2/c22-20-12-16-7-3-1-5-14(16)9-18(20)11-19-10-15-6-2-4-8-17(15)13-21(19)23/h1-8,18-19H,9-13H2. The van der Waals surface area contributed by atoms with E-state index in [1.807, 2.05) is 36.4 Å². The third kappa shape index (κ3) is 2.74. The molecule has 0 amide bonds. The maximum Gasteiger partial charge on any atom is 0.140 e. The molecule has 2 unspecified atom stereocenters. The number of benzene rings is 2. The first-order valence-corrected chi connectivity index (χ1v) is 8.39. The summed E-state index contributed by atoms with van der Waals surface area (Å²) in [5, 5.41) is 0. The Labute approximate surface area is 136 Å². The summed E-state index contributed by atoms with van der Waals surface area (Å²) in [5.41, 5.74) is 4.88. The van der Waals surface area contributed by atoms with Crippen molar-refractivity contribution in [2.24, 2.45) is 11.8 Å². The number of Topliss-reactive ketones (excluding diaryl/α,β-unsaturated/α-hetero) is 2. The van der Waals surface area contributed by atoms with Crippen molar-refractivity contribution in [2.75, 3.05) is 0 Å². The molecule has 4 rings (SSSR count). The van der Waals surface area contributed by atoms with Gasteiger partial charge >= 0.3 is 0 Å². The average molecular weight is 304 g/mol. The van der Waals surface area contributed by atoms with Crippen LogP contribution in [0, 0.1) is 11.8 Å². The molecule has 0 aliphatic heterocycles. The lowest BCUT2D eigenvalue weighted by Gasteiger charge is -2.29. The highest BCUT2D eigenvalue weighted by Crippen LogP contribution is 2.32. The van der Waals surface area contributed by atoms with Crippen LogP contribution in [0.25, 0.3) is 0 Å². The molecule has 2 aromatic rings. The molecule has 2 atom stereocenters. The number of rotatable bonds is 2. The summed E-state index contributed by atoms with van der Waals surface area (Å²) in [7, 11) is 0. The summed E-state index contributed by atoms with van der Waals surface area (Å²) in [6.07, 6.45) is 3.35. The van der Waals surface area contributed by atoms with Gasteiger partial charge in [0.25, 0.3) is 0 Å². The second-order valence-electron chi connectivity index (χ2n) is 6.86. The second kappa shape index (κ2) is 5.77. The van der Waals surface area contributed by atoms with Gasteiger partial charge in [0.05, 0.1) is 0 Å². The van der Waals surface area contributed by atoms with Crippen LogP contribution >= 0.6 is 0 Å². The van der Waals surface area contributed by atoms with Gasteiger partial charge in [-0.25, -0.2) is 0 Å². The lowest BCUT2D eigenvalue weighted by atomic mass is 9.73. The van der Waals surface area contributed by atoms with Crippen LogP contribution < -0.4 is 0 Å². The largest absolute Gasteiger partial charge is 0.299 e. The Hall–Kier alpha value is -2.22. The molecule has 23 heavy (non-hydrogen) atoms. The molecule has 0 saturated heterocycles. The lowest BCUT2D eigenvalue weighted by Crippen LogP contribution is -2.33. The van der Waals surface area contributed by atoms with E-state index in [1.165, 1.54) is 11.1 Å². The van der Waals surface area contributed by atoms with E-state index in [0.29, 0.717) is 30.8 Å². The van der Waals surface area contributed by atoms with Crippen molar-refractivity contribution in [1.82, 2.24) is 0 Å². The Kier molecular flexibility index (Phi) is 3.60. The molecule has 2 heteroatoms. The molecule has 2 aliphatic carbocycles. The molecule has 116 valence electrons. The quantitative estimate of drug-likeness (QED) is 0.852. The first-order valence-electron chi connectivity index (χ1n) is 8.39. The number of hydrogen-bond donors (Lipinski definition) is 0. The average Bonchev–Trinajstić information content (AvgIpc) is 2.56.